The van der Waals surface area contributed by atoms with Crippen LogP contribution in [0.4, 0.5) is 11.6 Å². The molecule has 5 rings (SSSR count). The predicted octanol–water partition coefficient (Wildman–Crippen LogP) is 6.11. The summed E-state index contributed by atoms with van der Waals surface area (Å²) in [5, 5.41) is 11.9. The van der Waals surface area contributed by atoms with Gasteiger partial charge in [0.15, 0.2) is 0 Å². The van der Waals surface area contributed by atoms with E-state index in [4.69, 9.17) is 11.2 Å². The van der Waals surface area contributed by atoms with Crippen LogP contribution in [0.1, 0.15) is 22.3 Å². The summed E-state index contributed by atoms with van der Waals surface area (Å²) in [7, 11) is 0. The summed E-state index contributed by atoms with van der Waals surface area (Å²) in [6.07, 6.45) is 9.97. The maximum Gasteiger partial charge on any atom is 0.230 e. The van der Waals surface area contributed by atoms with Crippen LogP contribution in [-0.2, 0) is 13.0 Å². The summed E-state index contributed by atoms with van der Waals surface area (Å²) >= 11 is 0. The molecule has 0 aliphatic carbocycles. The molecule has 2 aromatic heterocycles. The van der Waals surface area contributed by atoms with E-state index < -0.39 is 0 Å². The number of aryl methyl sites for hydroxylation is 4. The Labute approximate surface area is 216 Å². The molecule has 7 nitrogen and oxygen atoms in total. The SMILES string of the molecule is C#Cc1ccc(Nc2nccc(Oc3c(C)cc(-c4cn(CCc5ccccc5)nn4)cc3C)n2)cc1. The molecule has 2 heterocycles. The van der Waals surface area contributed by atoms with Crippen molar-refractivity contribution in [2.75, 3.05) is 5.32 Å². The largest absolute Gasteiger partial charge is 0.438 e. The van der Waals surface area contributed by atoms with Crippen LogP contribution in [0.5, 0.6) is 11.6 Å². The minimum Gasteiger partial charge on any atom is -0.438 e. The van der Waals surface area contributed by atoms with E-state index in [1.165, 1.54) is 5.56 Å². The molecule has 0 unspecified atom stereocenters. The van der Waals surface area contributed by atoms with Gasteiger partial charge in [-0.1, -0.05) is 41.5 Å². The molecule has 7 heteroatoms. The normalized spacial score (nSPS) is 10.6. The van der Waals surface area contributed by atoms with Gasteiger partial charge >= 0.3 is 0 Å². The van der Waals surface area contributed by atoms with Gasteiger partial charge in [0, 0.05) is 35.6 Å². The molecule has 0 fully saturated rings. The van der Waals surface area contributed by atoms with Crippen LogP contribution >= 0.6 is 0 Å². The molecule has 37 heavy (non-hydrogen) atoms. The highest BCUT2D eigenvalue weighted by Gasteiger charge is 2.13. The molecule has 0 bridgehead atoms. The van der Waals surface area contributed by atoms with Crippen molar-refractivity contribution in [3.8, 4) is 35.2 Å². The number of nitrogens with zero attached hydrogens (tertiary/aromatic N) is 5. The lowest BCUT2D eigenvalue weighted by molar-refractivity contribution is 0.455. The first-order valence-corrected chi connectivity index (χ1v) is 12.0. The van der Waals surface area contributed by atoms with E-state index in [1.54, 1.807) is 12.3 Å². The Kier molecular flexibility index (Phi) is 6.91. The highest BCUT2D eigenvalue weighted by Crippen LogP contribution is 2.32. The molecule has 0 aliphatic heterocycles. The minimum atomic E-state index is 0.435. The van der Waals surface area contributed by atoms with Gasteiger partial charge in [-0.3, -0.25) is 4.68 Å². The Hall–Kier alpha value is -4.96. The first kappa shape index (κ1) is 23.8. The van der Waals surface area contributed by atoms with Crippen LogP contribution in [-0.4, -0.2) is 25.0 Å². The van der Waals surface area contributed by atoms with Crippen molar-refractivity contribution in [1.29, 1.82) is 0 Å². The average Bonchev–Trinajstić information content (AvgIpc) is 3.40. The van der Waals surface area contributed by atoms with E-state index >= 15 is 0 Å². The van der Waals surface area contributed by atoms with Crippen molar-refractivity contribution >= 4 is 11.6 Å². The summed E-state index contributed by atoms with van der Waals surface area (Å²) in [6, 6.07) is 23.7. The number of benzene rings is 3. The van der Waals surface area contributed by atoms with E-state index in [1.807, 2.05) is 55.1 Å². The predicted molar refractivity (Wildman–Crippen MR) is 145 cm³/mol. The van der Waals surface area contributed by atoms with E-state index in [2.05, 4.69) is 67.9 Å². The molecular weight excluding hydrogens is 460 g/mol. The quantitative estimate of drug-likeness (QED) is 0.267. The van der Waals surface area contributed by atoms with E-state index in [9.17, 15) is 0 Å². The topological polar surface area (TPSA) is 77.8 Å². The summed E-state index contributed by atoms with van der Waals surface area (Å²) in [5.74, 6) is 4.24. The second kappa shape index (κ2) is 10.8. The molecule has 0 amide bonds. The second-order valence-corrected chi connectivity index (χ2v) is 8.71. The molecule has 1 N–H and O–H groups in total. The van der Waals surface area contributed by atoms with Gasteiger partial charge in [0.05, 0.1) is 6.20 Å². The zero-order valence-corrected chi connectivity index (χ0v) is 20.7. The molecule has 0 saturated carbocycles. The molecule has 182 valence electrons. The van der Waals surface area contributed by atoms with Gasteiger partial charge in [0.25, 0.3) is 0 Å². The maximum absolute atomic E-state index is 6.18. The lowest BCUT2D eigenvalue weighted by atomic mass is 10.0. The third kappa shape index (κ3) is 5.82. The smallest absolute Gasteiger partial charge is 0.230 e. The van der Waals surface area contributed by atoms with Gasteiger partial charge < -0.3 is 10.1 Å². The first-order chi connectivity index (χ1) is 18.1. The maximum atomic E-state index is 6.18. The van der Waals surface area contributed by atoms with E-state index in [0.717, 1.165) is 52.4 Å². The van der Waals surface area contributed by atoms with Crippen LogP contribution in [0.3, 0.4) is 0 Å². The number of hydrogen-bond donors (Lipinski definition) is 1. The lowest BCUT2D eigenvalue weighted by Crippen LogP contribution is -2.01. The number of terminal acetylenes is 1. The lowest BCUT2D eigenvalue weighted by Gasteiger charge is -2.13. The summed E-state index contributed by atoms with van der Waals surface area (Å²) in [4.78, 5) is 8.80. The van der Waals surface area contributed by atoms with Crippen LogP contribution < -0.4 is 10.1 Å². The molecule has 0 aliphatic rings. The van der Waals surface area contributed by atoms with Crippen molar-refractivity contribution in [2.45, 2.75) is 26.8 Å². The van der Waals surface area contributed by atoms with Gasteiger partial charge in [-0.15, -0.1) is 11.5 Å². The number of rotatable bonds is 8. The molecule has 0 radical (unpaired) electrons. The Bertz CT molecular complexity index is 1530. The highest BCUT2D eigenvalue weighted by atomic mass is 16.5. The van der Waals surface area contributed by atoms with Gasteiger partial charge in [-0.2, -0.15) is 4.98 Å². The summed E-state index contributed by atoms with van der Waals surface area (Å²) in [5.41, 5.74) is 6.71. The standard InChI is InChI=1S/C30H26N6O/c1-4-23-10-12-26(13-11-23)32-30-31-16-14-28(33-30)37-29-21(2)18-25(19-22(29)3)27-20-36(35-34-27)17-15-24-8-6-5-7-9-24/h1,5-14,16,18-20H,15,17H2,2-3H3,(H,31,32,33). The average molecular weight is 487 g/mol. The fourth-order valence-corrected chi connectivity index (χ4v) is 4.03. The van der Waals surface area contributed by atoms with Gasteiger partial charge in [-0.25, -0.2) is 4.98 Å². The zero-order valence-electron chi connectivity index (χ0n) is 20.7. The molecule has 3 aromatic carbocycles. The summed E-state index contributed by atoms with van der Waals surface area (Å²) in [6.45, 7) is 4.80. The third-order valence-corrected chi connectivity index (χ3v) is 5.91. The molecular formula is C30H26N6O. The third-order valence-electron chi connectivity index (χ3n) is 5.91. The number of nitrogens with one attached hydrogen (secondary N) is 1. The van der Waals surface area contributed by atoms with Gasteiger partial charge in [0.2, 0.25) is 11.8 Å². The summed E-state index contributed by atoms with van der Waals surface area (Å²) < 4.78 is 8.06. The van der Waals surface area contributed by atoms with Crippen molar-refractivity contribution in [1.82, 2.24) is 25.0 Å². The van der Waals surface area contributed by atoms with Crippen molar-refractivity contribution in [2.24, 2.45) is 0 Å². The first-order valence-electron chi connectivity index (χ1n) is 12.0. The van der Waals surface area contributed by atoms with Crippen LogP contribution in [0.25, 0.3) is 11.3 Å². The number of hydrogen-bond acceptors (Lipinski definition) is 6. The number of aromatic nitrogens is 5. The number of anilines is 2. The van der Waals surface area contributed by atoms with Crippen LogP contribution in [0.2, 0.25) is 0 Å². The highest BCUT2D eigenvalue weighted by molar-refractivity contribution is 5.63. The Balaban J connectivity index is 1.28. The zero-order chi connectivity index (χ0) is 25.6. The Morgan fingerprint density at radius 1 is 0.973 bits per heavy atom. The second-order valence-electron chi connectivity index (χ2n) is 8.71. The van der Waals surface area contributed by atoms with Crippen molar-refractivity contribution in [3.05, 3.63) is 107 Å². The van der Waals surface area contributed by atoms with Crippen molar-refractivity contribution in [3.63, 3.8) is 0 Å². The molecule has 0 spiro atoms. The fraction of sp³-hybridized carbons (Fsp3) is 0.133. The van der Waals surface area contributed by atoms with Crippen molar-refractivity contribution < 1.29 is 4.74 Å². The fourth-order valence-electron chi connectivity index (χ4n) is 4.03. The van der Waals surface area contributed by atoms with Gasteiger partial charge in [-0.05, 0) is 73.4 Å². The number of ether oxygens (including phenoxy) is 1. The van der Waals surface area contributed by atoms with E-state index in [-0.39, 0.29) is 0 Å². The van der Waals surface area contributed by atoms with Crippen LogP contribution in [0.15, 0.2) is 85.2 Å². The van der Waals surface area contributed by atoms with Crippen LogP contribution in [0, 0.1) is 26.2 Å². The molecule has 0 atom stereocenters. The minimum absolute atomic E-state index is 0.435. The van der Waals surface area contributed by atoms with Gasteiger partial charge in [0.1, 0.15) is 11.4 Å². The molecule has 5 aromatic rings. The Morgan fingerprint density at radius 2 is 1.73 bits per heavy atom. The van der Waals surface area contributed by atoms with E-state index in [0.29, 0.717) is 11.8 Å². The molecule has 0 saturated heterocycles. The Morgan fingerprint density at radius 3 is 2.46 bits per heavy atom. The monoisotopic (exact) mass is 486 g/mol.